The Balaban J connectivity index is 4.43. The summed E-state index contributed by atoms with van der Waals surface area (Å²) < 4.78 is 0. The number of thiol groups is 1. The molecule has 0 fully saturated rings. The van der Waals surface area contributed by atoms with E-state index < -0.39 is 41.8 Å². The SMILES string of the molecule is CC(NC(=O)CN)C(=O)NC(C)C(=O)NC(CS)C(=O)O. The zero-order valence-corrected chi connectivity index (χ0v) is 12.6. The van der Waals surface area contributed by atoms with Crippen LogP contribution >= 0.6 is 12.6 Å². The lowest BCUT2D eigenvalue weighted by Crippen LogP contribution is -2.54. The molecule has 3 unspecified atom stereocenters. The predicted octanol–water partition coefficient (Wildman–Crippen LogP) is -2.55. The highest BCUT2D eigenvalue weighted by Gasteiger charge is 2.24. The van der Waals surface area contributed by atoms with Crippen molar-refractivity contribution in [1.82, 2.24) is 16.0 Å². The maximum absolute atomic E-state index is 11.7. The zero-order valence-electron chi connectivity index (χ0n) is 11.8. The van der Waals surface area contributed by atoms with Gasteiger partial charge in [-0.05, 0) is 13.8 Å². The molecule has 120 valence electrons. The standard InChI is InChI=1S/C11H20N4O5S/c1-5(13-8(16)3-12)9(17)14-6(2)10(18)15-7(4-21)11(19)20/h5-7,21H,3-4,12H2,1-2H3,(H,13,16)(H,14,17)(H,15,18)(H,19,20). The average molecular weight is 320 g/mol. The van der Waals surface area contributed by atoms with Gasteiger partial charge in [-0.2, -0.15) is 12.6 Å². The number of carbonyl (C=O) groups is 4. The number of carboxylic acids is 1. The molecule has 0 radical (unpaired) electrons. The summed E-state index contributed by atoms with van der Waals surface area (Å²) in [5.41, 5.74) is 5.10. The normalized spacial score (nSPS) is 14.5. The van der Waals surface area contributed by atoms with E-state index in [1.165, 1.54) is 13.8 Å². The summed E-state index contributed by atoms with van der Waals surface area (Å²) >= 11 is 3.81. The number of nitrogens with one attached hydrogen (secondary N) is 3. The minimum absolute atomic E-state index is 0.0787. The molecule has 0 aromatic heterocycles. The maximum atomic E-state index is 11.7. The molecule has 0 saturated heterocycles. The van der Waals surface area contributed by atoms with Crippen molar-refractivity contribution in [2.45, 2.75) is 32.0 Å². The van der Waals surface area contributed by atoms with Crippen molar-refractivity contribution >= 4 is 36.3 Å². The van der Waals surface area contributed by atoms with Crippen molar-refractivity contribution in [3.63, 3.8) is 0 Å². The third kappa shape index (κ3) is 6.95. The first-order valence-electron chi connectivity index (χ1n) is 6.16. The van der Waals surface area contributed by atoms with E-state index in [1.54, 1.807) is 0 Å². The molecular weight excluding hydrogens is 300 g/mol. The fraction of sp³-hybridized carbons (Fsp3) is 0.636. The molecule has 9 nitrogen and oxygen atoms in total. The van der Waals surface area contributed by atoms with Crippen molar-refractivity contribution in [2.24, 2.45) is 5.73 Å². The first-order valence-corrected chi connectivity index (χ1v) is 6.80. The lowest BCUT2D eigenvalue weighted by molar-refractivity contribution is -0.141. The molecule has 3 atom stereocenters. The molecule has 3 amide bonds. The summed E-state index contributed by atoms with van der Waals surface area (Å²) in [5.74, 6) is -3.05. The number of carboxylic acid groups (broad SMARTS) is 1. The van der Waals surface area contributed by atoms with E-state index in [1.807, 2.05) is 0 Å². The molecule has 6 N–H and O–H groups in total. The van der Waals surface area contributed by atoms with Crippen molar-refractivity contribution < 1.29 is 24.3 Å². The number of hydrogen-bond acceptors (Lipinski definition) is 6. The quantitative estimate of drug-likeness (QED) is 0.271. The molecule has 0 aromatic carbocycles. The number of nitrogens with two attached hydrogens (primary N) is 1. The Bertz CT molecular complexity index is 417. The largest absolute Gasteiger partial charge is 0.480 e. The van der Waals surface area contributed by atoms with Crippen LogP contribution in [-0.2, 0) is 19.2 Å². The van der Waals surface area contributed by atoms with Gasteiger partial charge in [-0.3, -0.25) is 14.4 Å². The van der Waals surface area contributed by atoms with Gasteiger partial charge in [0.2, 0.25) is 17.7 Å². The highest BCUT2D eigenvalue weighted by molar-refractivity contribution is 7.80. The smallest absolute Gasteiger partial charge is 0.327 e. The van der Waals surface area contributed by atoms with Crippen LogP contribution in [0.1, 0.15) is 13.8 Å². The van der Waals surface area contributed by atoms with E-state index in [2.05, 4.69) is 28.6 Å². The Morgan fingerprint density at radius 2 is 1.52 bits per heavy atom. The van der Waals surface area contributed by atoms with Crippen molar-refractivity contribution in [1.29, 1.82) is 0 Å². The highest BCUT2D eigenvalue weighted by Crippen LogP contribution is 1.92. The molecule has 0 spiro atoms. The first kappa shape index (κ1) is 19.2. The first-order chi connectivity index (χ1) is 9.72. The minimum Gasteiger partial charge on any atom is -0.480 e. The molecule has 0 aliphatic heterocycles. The summed E-state index contributed by atoms with van der Waals surface area (Å²) in [5, 5.41) is 15.7. The second-order valence-electron chi connectivity index (χ2n) is 4.31. The molecule has 0 rings (SSSR count). The summed E-state index contributed by atoms with van der Waals surface area (Å²) in [6, 6.07) is -2.97. The maximum Gasteiger partial charge on any atom is 0.327 e. The fourth-order valence-electron chi connectivity index (χ4n) is 1.25. The van der Waals surface area contributed by atoms with Crippen LogP contribution in [0.2, 0.25) is 0 Å². The Kier molecular flexibility index (Phi) is 8.39. The lowest BCUT2D eigenvalue weighted by Gasteiger charge is -2.19. The van der Waals surface area contributed by atoms with Crippen LogP contribution in [0, 0.1) is 0 Å². The van der Waals surface area contributed by atoms with E-state index in [0.717, 1.165) is 0 Å². The summed E-state index contributed by atoms with van der Waals surface area (Å²) in [4.78, 5) is 45.2. The van der Waals surface area contributed by atoms with Crippen LogP contribution in [0.15, 0.2) is 0 Å². The van der Waals surface area contributed by atoms with Crippen molar-refractivity contribution in [3.05, 3.63) is 0 Å². The van der Waals surface area contributed by atoms with Crippen LogP contribution in [0.5, 0.6) is 0 Å². The molecule has 0 bridgehead atoms. The van der Waals surface area contributed by atoms with Gasteiger partial charge in [0.25, 0.3) is 0 Å². The number of hydrogen-bond donors (Lipinski definition) is 6. The minimum atomic E-state index is -1.22. The van der Waals surface area contributed by atoms with Gasteiger partial charge in [0.15, 0.2) is 0 Å². The number of amides is 3. The molecule has 0 aliphatic rings. The van der Waals surface area contributed by atoms with Gasteiger partial charge in [-0.15, -0.1) is 0 Å². The number of carbonyl (C=O) groups excluding carboxylic acids is 3. The van der Waals surface area contributed by atoms with Gasteiger partial charge in [-0.25, -0.2) is 4.79 Å². The van der Waals surface area contributed by atoms with Crippen LogP contribution in [0.4, 0.5) is 0 Å². The van der Waals surface area contributed by atoms with Gasteiger partial charge in [0.1, 0.15) is 18.1 Å². The van der Waals surface area contributed by atoms with Gasteiger partial charge in [0.05, 0.1) is 6.54 Å². The van der Waals surface area contributed by atoms with Crippen molar-refractivity contribution in [2.75, 3.05) is 12.3 Å². The van der Waals surface area contributed by atoms with Crippen LogP contribution < -0.4 is 21.7 Å². The predicted molar refractivity (Wildman–Crippen MR) is 77.7 cm³/mol. The van der Waals surface area contributed by atoms with Gasteiger partial charge < -0.3 is 26.8 Å². The average Bonchev–Trinajstić information content (AvgIpc) is 2.43. The Labute approximate surface area is 127 Å². The van der Waals surface area contributed by atoms with E-state index in [4.69, 9.17) is 10.8 Å². The van der Waals surface area contributed by atoms with E-state index in [-0.39, 0.29) is 12.3 Å². The van der Waals surface area contributed by atoms with E-state index in [9.17, 15) is 19.2 Å². The molecule has 10 heteroatoms. The van der Waals surface area contributed by atoms with E-state index >= 15 is 0 Å². The number of rotatable bonds is 8. The van der Waals surface area contributed by atoms with E-state index in [0.29, 0.717) is 0 Å². The Morgan fingerprint density at radius 3 is 1.95 bits per heavy atom. The molecular formula is C11H20N4O5S. The Hall–Kier alpha value is -1.81. The second kappa shape index (κ2) is 9.19. The fourth-order valence-corrected chi connectivity index (χ4v) is 1.50. The highest BCUT2D eigenvalue weighted by atomic mass is 32.1. The second-order valence-corrected chi connectivity index (χ2v) is 4.67. The van der Waals surface area contributed by atoms with Crippen molar-refractivity contribution in [3.8, 4) is 0 Å². The monoisotopic (exact) mass is 320 g/mol. The molecule has 21 heavy (non-hydrogen) atoms. The van der Waals surface area contributed by atoms with Gasteiger partial charge in [0, 0.05) is 5.75 Å². The molecule has 0 aliphatic carbocycles. The lowest BCUT2D eigenvalue weighted by atomic mass is 10.2. The van der Waals surface area contributed by atoms with Crippen LogP contribution in [0.3, 0.4) is 0 Å². The molecule has 0 heterocycles. The molecule has 0 saturated carbocycles. The third-order valence-electron chi connectivity index (χ3n) is 2.51. The van der Waals surface area contributed by atoms with Crippen LogP contribution in [0.25, 0.3) is 0 Å². The van der Waals surface area contributed by atoms with Crippen LogP contribution in [-0.4, -0.2) is 59.2 Å². The number of aliphatic carboxylic acids is 1. The summed E-state index contributed by atoms with van der Waals surface area (Å²) in [7, 11) is 0. The van der Waals surface area contributed by atoms with Gasteiger partial charge >= 0.3 is 5.97 Å². The molecule has 0 aromatic rings. The zero-order chi connectivity index (χ0) is 16.6. The topological polar surface area (TPSA) is 151 Å². The Morgan fingerprint density at radius 1 is 1.05 bits per heavy atom. The summed E-state index contributed by atoms with van der Waals surface area (Å²) in [6.07, 6.45) is 0. The van der Waals surface area contributed by atoms with Gasteiger partial charge in [-0.1, -0.05) is 0 Å². The summed E-state index contributed by atoms with van der Waals surface area (Å²) in [6.45, 7) is 2.57. The third-order valence-corrected chi connectivity index (χ3v) is 2.87.